The van der Waals surface area contributed by atoms with Gasteiger partial charge in [0.2, 0.25) is 5.91 Å². The summed E-state index contributed by atoms with van der Waals surface area (Å²) in [5.41, 5.74) is 3.50. The van der Waals surface area contributed by atoms with E-state index >= 15 is 0 Å². The molecule has 2 heterocycles. The first-order valence-corrected chi connectivity index (χ1v) is 10.6. The summed E-state index contributed by atoms with van der Waals surface area (Å²) in [6.07, 6.45) is 2.95. The molecule has 4 rings (SSSR count). The zero-order valence-electron chi connectivity index (χ0n) is 15.9. The van der Waals surface area contributed by atoms with Crippen LogP contribution in [0.25, 0.3) is 10.9 Å². The fourth-order valence-electron chi connectivity index (χ4n) is 4.09. The molecule has 1 aromatic carbocycles. The summed E-state index contributed by atoms with van der Waals surface area (Å²) in [5.74, 6) is -0.136. The number of carbonyl (C=O) groups excluding carboxylic acids is 2. The second-order valence-corrected chi connectivity index (χ2v) is 8.13. The molecule has 0 unspecified atom stereocenters. The topological polar surface area (TPSA) is 60.3 Å². The SMILES string of the molecule is CCOC(=O)Cn1c2c(c3ccccc31)C[C@H](NC(=O)Cc1cccs1)CC2. The molecule has 0 bridgehead atoms. The molecular weight excluding hydrogens is 372 g/mol. The minimum Gasteiger partial charge on any atom is -0.465 e. The third-order valence-electron chi connectivity index (χ3n) is 5.25. The highest BCUT2D eigenvalue weighted by Crippen LogP contribution is 2.32. The van der Waals surface area contributed by atoms with E-state index in [1.165, 1.54) is 16.6 Å². The van der Waals surface area contributed by atoms with E-state index in [1.54, 1.807) is 11.3 Å². The van der Waals surface area contributed by atoms with Crippen LogP contribution in [0.2, 0.25) is 0 Å². The van der Waals surface area contributed by atoms with Crippen molar-refractivity contribution >= 4 is 34.1 Å². The smallest absolute Gasteiger partial charge is 0.325 e. The molecule has 1 N–H and O–H groups in total. The number of amides is 1. The van der Waals surface area contributed by atoms with Gasteiger partial charge >= 0.3 is 5.97 Å². The number of hydrogen-bond acceptors (Lipinski definition) is 4. The van der Waals surface area contributed by atoms with Crippen molar-refractivity contribution in [3.8, 4) is 0 Å². The zero-order chi connectivity index (χ0) is 19.5. The fourth-order valence-corrected chi connectivity index (χ4v) is 4.79. The summed E-state index contributed by atoms with van der Waals surface area (Å²) < 4.78 is 7.25. The third-order valence-corrected chi connectivity index (χ3v) is 6.12. The molecule has 1 amide bonds. The number of esters is 1. The number of para-hydroxylation sites is 1. The summed E-state index contributed by atoms with van der Waals surface area (Å²) in [7, 11) is 0. The lowest BCUT2D eigenvalue weighted by Crippen LogP contribution is -2.39. The van der Waals surface area contributed by atoms with E-state index in [9.17, 15) is 9.59 Å². The first kappa shape index (κ1) is 18.7. The van der Waals surface area contributed by atoms with E-state index < -0.39 is 0 Å². The van der Waals surface area contributed by atoms with Gasteiger partial charge in [-0.15, -0.1) is 11.3 Å². The first-order valence-electron chi connectivity index (χ1n) is 9.72. The Hall–Kier alpha value is -2.60. The standard InChI is InChI=1S/C22H24N2O3S/c1-2-27-22(26)14-24-19-8-4-3-7-17(19)18-12-15(9-10-20(18)24)23-21(25)13-16-6-5-11-28-16/h3-8,11,15H,2,9-10,12-14H2,1H3,(H,23,25)/t15-/m1/s1. The van der Waals surface area contributed by atoms with Crippen LogP contribution in [-0.2, 0) is 40.1 Å². The van der Waals surface area contributed by atoms with Gasteiger partial charge in [-0.05, 0) is 49.3 Å². The van der Waals surface area contributed by atoms with Crippen molar-refractivity contribution in [2.75, 3.05) is 6.61 Å². The summed E-state index contributed by atoms with van der Waals surface area (Å²) >= 11 is 1.61. The van der Waals surface area contributed by atoms with E-state index in [1.807, 2.05) is 36.6 Å². The van der Waals surface area contributed by atoms with Gasteiger partial charge in [0.25, 0.3) is 0 Å². The Morgan fingerprint density at radius 3 is 2.89 bits per heavy atom. The van der Waals surface area contributed by atoms with Crippen molar-refractivity contribution in [1.82, 2.24) is 9.88 Å². The van der Waals surface area contributed by atoms with Crippen LogP contribution in [0.3, 0.4) is 0 Å². The van der Waals surface area contributed by atoms with Crippen molar-refractivity contribution in [3.63, 3.8) is 0 Å². The van der Waals surface area contributed by atoms with Gasteiger partial charge in [0.05, 0.1) is 13.0 Å². The van der Waals surface area contributed by atoms with Crippen LogP contribution < -0.4 is 5.32 Å². The van der Waals surface area contributed by atoms with E-state index in [0.717, 1.165) is 29.7 Å². The maximum absolute atomic E-state index is 12.4. The quantitative estimate of drug-likeness (QED) is 0.649. The minimum atomic E-state index is -0.211. The van der Waals surface area contributed by atoms with Gasteiger partial charge in [0, 0.05) is 27.5 Å². The number of rotatable bonds is 6. The molecule has 0 saturated carbocycles. The van der Waals surface area contributed by atoms with Gasteiger partial charge in [0.1, 0.15) is 6.54 Å². The van der Waals surface area contributed by atoms with Crippen molar-refractivity contribution in [1.29, 1.82) is 0 Å². The van der Waals surface area contributed by atoms with Crippen LogP contribution in [-0.4, -0.2) is 29.1 Å². The average molecular weight is 397 g/mol. The van der Waals surface area contributed by atoms with Gasteiger partial charge in [-0.3, -0.25) is 9.59 Å². The largest absolute Gasteiger partial charge is 0.465 e. The van der Waals surface area contributed by atoms with Gasteiger partial charge in [0.15, 0.2) is 0 Å². The molecule has 5 nitrogen and oxygen atoms in total. The van der Waals surface area contributed by atoms with Crippen LogP contribution in [0.5, 0.6) is 0 Å². The fraction of sp³-hybridized carbons (Fsp3) is 0.364. The van der Waals surface area contributed by atoms with E-state index in [4.69, 9.17) is 4.74 Å². The lowest BCUT2D eigenvalue weighted by Gasteiger charge is -2.25. The summed E-state index contributed by atoms with van der Waals surface area (Å²) in [4.78, 5) is 25.6. The second kappa shape index (κ2) is 8.19. The number of fused-ring (bicyclic) bond motifs is 3. The molecule has 0 fully saturated rings. The summed E-state index contributed by atoms with van der Waals surface area (Å²) in [6.45, 7) is 2.45. The lowest BCUT2D eigenvalue weighted by atomic mass is 9.91. The molecule has 3 aromatic rings. The van der Waals surface area contributed by atoms with Crippen molar-refractivity contribution < 1.29 is 14.3 Å². The molecule has 0 aliphatic heterocycles. The van der Waals surface area contributed by atoms with Crippen molar-refractivity contribution in [2.24, 2.45) is 0 Å². The molecule has 1 atom stereocenters. The molecule has 0 saturated heterocycles. The Morgan fingerprint density at radius 2 is 2.11 bits per heavy atom. The minimum absolute atomic E-state index is 0.0751. The Kier molecular flexibility index (Phi) is 5.48. The molecular formula is C22H24N2O3S. The zero-order valence-corrected chi connectivity index (χ0v) is 16.8. The predicted octanol–water partition coefficient (Wildman–Crippen LogP) is 3.48. The third kappa shape index (κ3) is 3.83. The number of thiophene rings is 1. The van der Waals surface area contributed by atoms with E-state index in [2.05, 4.69) is 22.0 Å². The van der Waals surface area contributed by atoms with Crippen LogP contribution in [0, 0.1) is 0 Å². The molecule has 2 aromatic heterocycles. The molecule has 28 heavy (non-hydrogen) atoms. The summed E-state index contributed by atoms with van der Waals surface area (Å²) in [5, 5.41) is 6.36. The molecule has 1 aliphatic rings. The highest BCUT2D eigenvalue weighted by atomic mass is 32.1. The molecule has 0 spiro atoms. The highest BCUT2D eigenvalue weighted by molar-refractivity contribution is 7.10. The normalized spacial score (nSPS) is 16.0. The number of aromatic nitrogens is 1. The molecule has 6 heteroatoms. The number of hydrogen-bond donors (Lipinski definition) is 1. The number of benzene rings is 1. The number of ether oxygens (including phenoxy) is 1. The average Bonchev–Trinajstić information content (AvgIpc) is 3.29. The number of carbonyl (C=O) groups is 2. The van der Waals surface area contributed by atoms with Crippen LogP contribution in [0.4, 0.5) is 0 Å². The Labute approximate surface area is 168 Å². The second-order valence-electron chi connectivity index (χ2n) is 7.10. The number of nitrogens with one attached hydrogen (secondary N) is 1. The number of nitrogens with zero attached hydrogens (tertiary/aromatic N) is 1. The first-order chi connectivity index (χ1) is 13.7. The Balaban J connectivity index is 1.55. The van der Waals surface area contributed by atoms with E-state index in [-0.39, 0.29) is 24.5 Å². The van der Waals surface area contributed by atoms with Gasteiger partial charge in [-0.25, -0.2) is 0 Å². The molecule has 146 valence electrons. The predicted molar refractivity (Wildman–Crippen MR) is 111 cm³/mol. The van der Waals surface area contributed by atoms with Crippen molar-refractivity contribution in [3.05, 3.63) is 57.9 Å². The monoisotopic (exact) mass is 396 g/mol. The van der Waals surface area contributed by atoms with E-state index in [0.29, 0.717) is 13.0 Å². The Bertz CT molecular complexity index is 991. The van der Waals surface area contributed by atoms with Gasteiger partial charge in [-0.2, -0.15) is 0 Å². The lowest BCUT2D eigenvalue weighted by molar-refractivity contribution is -0.143. The van der Waals surface area contributed by atoms with Gasteiger partial charge in [-0.1, -0.05) is 24.3 Å². The van der Waals surface area contributed by atoms with Crippen LogP contribution in [0.15, 0.2) is 41.8 Å². The van der Waals surface area contributed by atoms with Crippen LogP contribution >= 0.6 is 11.3 Å². The van der Waals surface area contributed by atoms with Crippen molar-refractivity contribution in [2.45, 2.75) is 45.2 Å². The maximum atomic E-state index is 12.4. The molecule has 1 aliphatic carbocycles. The summed E-state index contributed by atoms with van der Waals surface area (Å²) in [6, 6.07) is 12.3. The Morgan fingerprint density at radius 1 is 1.25 bits per heavy atom. The maximum Gasteiger partial charge on any atom is 0.325 e. The molecule has 0 radical (unpaired) electrons. The highest BCUT2D eigenvalue weighted by Gasteiger charge is 2.27. The van der Waals surface area contributed by atoms with Gasteiger partial charge < -0.3 is 14.6 Å². The van der Waals surface area contributed by atoms with Crippen LogP contribution in [0.1, 0.15) is 29.5 Å².